The first-order valence-electron chi connectivity index (χ1n) is 9.26. The molecule has 0 unspecified atom stereocenters. The standard InChI is InChI=1S/C20H18Si.2C2H6N.Zr/c1-21(2,19-13-11-15-7-3-5-9-17(15)19)20-14-12-16-8-4-6-10-18(16)20;2*1-3-2;/h3-14H,1-2H3;2*1-2H3;/q;2*-1;+4. The van der Waals surface area contributed by atoms with Crippen LogP contribution >= 0.6 is 0 Å². The zero-order chi connectivity index (χ0) is 19.9. The first-order valence-corrected chi connectivity index (χ1v) is 12.3. The number of nitrogens with zero attached hydrogens (tertiary/aromatic N) is 2. The summed E-state index contributed by atoms with van der Waals surface area (Å²) in [5.74, 6) is 5.59. The second-order valence-corrected chi connectivity index (χ2v) is 11.5. The van der Waals surface area contributed by atoms with Crippen LogP contribution in [-0.2, 0) is 26.2 Å². The van der Waals surface area contributed by atoms with E-state index in [-0.39, 0.29) is 26.2 Å². The van der Waals surface area contributed by atoms with Gasteiger partial charge in [-0.3, -0.25) is 0 Å². The van der Waals surface area contributed by atoms with E-state index in [1.807, 2.05) is 0 Å². The van der Waals surface area contributed by atoms with Crippen LogP contribution in [0.4, 0.5) is 0 Å². The van der Waals surface area contributed by atoms with E-state index in [4.69, 9.17) is 0 Å². The summed E-state index contributed by atoms with van der Waals surface area (Å²) in [4.78, 5) is 0. The van der Waals surface area contributed by atoms with Crippen molar-refractivity contribution in [3.63, 3.8) is 0 Å². The van der Waals surface area contributed by atoms with Gasteiger partial charge in [0.2, 0.25) is 0 Å². The van der Waals surface area contributed by atoms with Crippen LogP contribution in [0, 0.1) is 60.4 Å². The Bertz CT molecular complexity index is 519. The largest absolute Gasteiger partial charge is 4.00 e. The van der Waals surface area contributed by atoms with Gasteiger partial charge >= 0.3 is 26.2 Å². The molecule has 0 aliphatic heterocycles. The SMILES string of the molecule is C[N-]C.C[N-]C.C[Si](C)([C]1[CH][CH][C]2C=CC=C[C]21)[C]1[CH][CH][C]2C=CC=C[C]21.[Zr+4]. The van der Waals surface area contributed by atoms with Crippen LogP contribution in [0.15, 0.2) is 48.6 Å². The average Bonchev–Trinajstić information content (AvgIpc) is 3.28. The van der Waals surface area contributed by atoms with Crippen molar-refractivity contribution in [3.05, 3.63) is 120 Å². The van der Waals surface area contributed by atoms with E-state index in [9.17, 15) is 0 Å². The molecule has 4 heteroatoms. The van der Waals surface area contributed by atoms with E-state index < -0.39 is 8.07 Å². The molecular weight excluding hydrogens is 436 g/mol. The Balaban J connectivity index is 0.000000502. The second-order valence-electron chi connectivity index (χ2n) is 7.19. The Morgan fingerprint density at radius 1 is 0.571 bits per heavy atom. The van der Waals surface area contributed by atoms with E-state index in [1.165, 1.54) is 23.7 Å². The first-order chi connectivity index (χ1) is 13.0. The molecule has 28 heavy (non-hydrogen) atoms. The quantitative estimate of drug-likeness (QED) is 0.478. The van der Waals surface area contributed by atoms with Gasteiger partial charge in [0.1, 0.15) is 0 Å². The zero-order valence-corrected chi connectivity index (χ0v) is 21.3. The Morgan fingerprint density at radius 2 is 0.893 bits per heavy atom. The normalized spacial score (nSPS) is 22.8. The predicted octanol–water partition coefficient (Wildman–Crippen LogP) is 5.55. The molecule has 142 valence electrons. The molecule has 0 aromatic rings. The third-order valence-electron chi connectivity index (χ3n) is 4.71. The smallest absolute Gasteiger partial charge is 0.668 e. The number of hydrogen-bond acceptors (Lipinski definition) is 0. The first kappa shape index (κ1) is 26.0. The molecule has 4 aliphatic carbocycles. The molecule has 0 atom stereocenters. The topological polar surface area (TPSA) is 28.2 Å². The van der Waals surface area contributed by atoms with Gasteiger partial charge in [0.25, 0.3) is 0 Å². The summed E-state index contributed by atoms with van der Waals surface area (Å²) in [6.45, 7) is 4.94. The maximum Gasteiger partial charge on any atom is 4.00 e. The van der Waals surface area contributed by atoms with Gasteiger partial charge in [-0.25, -0.2) is 0 Å². The van der Waals surface area contributed by atoms with Gasteiger partial charge < -0.3 is 10.6 Å². The van der Waals surface area contributed by atoms with E-state index in [2.05, 4.69) is 98.0 Å². The number of hydrogen-bond donors (Lipinski definition) is 0. The van der Waals surface area contributed by atoms with Crippen molar-refractivity contribution >= 4 is 8.07 Å². The van der Waals surface area contributed by atoms with Crippen LogP contribution in [0.3, 0.4) is 0 Å². The summed E-state index contributed by atoms with van der Waals surface area (Å²) in [6.07, 6.45) is 26.7. The molecule has 0 spiro atoms. The minimum absolute atomic E-state index is 0. The van der Waals surface area contributed by atoms with Crippen LogP contribution < -0.4 is 0 Å². The Kier molecular flexibility index (Phi) is 11.7. The van der Waals surface area contributed by atoms with Crippen molar-refractivity contribution in [2.45, 2.75) is 13.1 Å². The molecule has 10 radical (unpaired) electrons. The fourth-order valence-corrected chi connectivity index (χ4v) is 6.63. The summed E-state index contributed by atoms with van der Waals surface area (Å²) in [6, 6.07) is 0. The van der Waals surface area contributed by atoms with E-state index >= 15 is 0 Å². The second kappa shape index (κ2) is 12.6. The zero-order valence-electron chi connectivity index (χ0n) is 17.8. The molecule has 0 aromatic heterocycles. The van der Waals surface area contributed by atoms with Crippen LogP contribution in [-0.4, -0.2) is 36.3 Å². The van der Waals surface area contributed by atoms with Crippen LogP contribution in [0.2, 0.25) is 13.1 Å². The van der Waals surface area contributed by atoms with Crippen LogP contribution in [0.25, 0.3) is 10.6 Å². The molecule has 0 bridgehead atoms. The van der Waals surface area contributed by atoms with Crippen molar-refractivity contribution in [2.24, 2.45) is 0 Å². The van der Waals surface area contributed by atoms with Gasteiger partial charge in [0.15, 0.2) is 0 Å². The molecule has 2 fully saturated rings. The van der Waals surface area contributed by atoms with E-state index in [0.717, 1.165) is 0 Å². The van der Waals surface area contributed by atoms with Gasteiger partial charge in [-0.2, -0.15) is 28.2 Å². The van der Waals surface area contributed by atoms with Crippen molar-refractivity contribution in [1.29, 1.82) is 0 Å². The molecule has 0 aromatic carbocycles. The van der Waals surface area contributed by atoms with Crippen LogP contribution in [0.5, 0.6) is 0 Å². The molecule has 4 aliphatic rings. The van der Waals surface area contributed by atoms with Crippen molar-refractivity contribution in [2.75, 3.05) is 28.2 Å². The summed E-state index contributed by atoms with van der Waals surface area (Å²) in [7, 11) is 5.32. The monoisotopic (exact) mass is 464 g/mol. The molecule has 2 nitrogen and oxygen atoms in total. The number of rotatable bonds is 2. The minimum atomic E-state index is -1.68. The summed E-state index contributed by atoms with van der Waals surface area (Å²) in [5.41, 5.74) is 3.10. The molecule has 0 saturated heterocycles. The molecule has 0 amide bonds. The average molecular weight is 466 g/mol. The van der Waals surface area contributed by atoms with Crippen LogP contribution in [0.1, 0.15) is 0 Å². The number of allylic oxidation sites excluding steroid dienone is 8. The third kappa shape index (κ3) is 6.00. The van der Waals surface area contributed by atoms with Gasteiger partial charge in [-0.1, -0.05) is 61.7 Å². The summed E-state index contributed by atoms with van der Waals surface area (Å²) >= 11 is 0. The Morgan fingerprint density at radius 3 is 1.25 bits per heavy atom. The summed E-state index contributed by atoms with van der Waals surface area (Å²) in [5, 5.41) is 7.00. The Hall–Kier alpha value is -0.0200. The molecule has 0 heterocycles. The number of fused-ring (bicyclic) bond motifs is 2. The van der Waals surface area contributed by atoms with Gasteiger partial charge in [-0.05, 0) is 36.8 Å². The van der Waals surface area contributed by atoms with Gasteiger partial charge in [0, 0.05) is 23.7 Å². The van der Waals surface area contributed by atoms with Gasteiger partial charge in [-0.15, -0.1) is 0 Å². The molecule has 4 rings (SSSR count). The van der Waals surface area contributed by atoms with E-state index in [0.29, 0.717) is 0 Å². The van der Waals surface area contributed by atoms with Gasteiger partial charge in [0.05, 0.1) is 8.07 Å². The minimum Gasteiger partial charge on any atom is -0.668 e. The predicted molar refractivity (Wildman–Crippen MR) is 121 cm³/mol. The maximum absolute atomic E-state index is 3.50. The molecule has 2 saturated carbocycles. The molecular formula is C24H30N2SiZr+2. The van der Waals surface area contributed by atoms with E-state index in [1.54, 1.807) is 39.3 Å². The third-order valence-corrected chi connectivity index (χ3v) is 8.27. The summed E-state index contributed by atoms with van der Waals surface area (Å²) < 4.78 is 0. The maximum atomic E-state index is 3.50. The van der Waals surface area contributed by atoms with Crippen molar-refractivity contribution in [1.82, 2.24) is 0 Å². The molecule has 0 N–H and O–H groups in total. The Labute approximate surface area is 194 Å². The fraction of sp³-hybridized carbons (Fsp3) is 0.250. The van der Waals surface area contributed by atoms with Crippen molar-refractivity contribution in [3.8, 4) is 0 Å². The van der Waals surface area contributed by atoms with Crippen molar-refractivity contribution < 1.29 is 26.2 Å². The fourth-order valence-electron chi connectivity index (χ4n) is 3.54.